The van der Waals surface area contributed by atoms with Gasteiger partial charge in [0, 0.05) is 18.8 Å². The number of nitrogens with zero attached hydrogens (tertiary/aromatic N) is 1. The summed E-state index contributed by atoms with van der Waals surface area (Å²) in [6, 6.07) is 7.90. The van der Waals surface area contributed by atoms with Gasteiger partial charge < -0.3 is 9.64 Å². The molecule has 2 nitrogen and oxygen atoms in total. The van der Waals surface area contributed by atoms with Crippen molar-refractivity contribution in [2.75, 3.05) is 24.9 Å². The van der Waals surface area contributed by atoms with Crippen LogP contribution in [-0.2, 0) is 0 Å². The van der Waals surface area contributed by atoms with Gasteiger partial charge in [0.25, 0.3) is 0 Å². The highest BCUT2D eigenvalue weighted by Gasteiger charge is 1.98. The third kappa shape index (κ3) is 2.08. The minimum Gasteiger partial charge on any atom is -0.497 e. The van der Waals surface area contributed by atoms with Crippen molar-refractivity contribution in [2.24, 2.45) is 0 Å². The first kappa shape index (κ1) is 9.26. The van der Waals surface area contributed by atoms with Crippen LogP contribution in [0.5, 0.6) is 5.75 Å². The van der Waals surface area contributed by atoms with Gasteiger partial charge in [-0.25, -0.2) is 0 Å². The number of rotatable bonds is 3. The number of benzene rings is 1. The van der Waals surface area contributed by atoms with Gasteiger partial charge in [0.1, 0.15) is 5.75 Å². The van der Waals surface area contributed by atoms with Crippen molar-refractivity contribution in [3.05, 3.63) is 24.3 Å². The molecule has 66 valence electrons. The summed E-state index contributed by atoms with van der Waals surface area (Å²) in [7, 11) is 3.65. The van der Waals surface area contributed by atoms with Gasteiger partial charge in [-0.3, -0.25) is 0 Å². The fourth-order valence-electron chi connectivity index (χ4n) is 0.930. The van der Waals surface area contributed by atoms with Crippen LogP contribution in [0, 0.1) is 0 Å². The average molecular weight is 183 g/mol. The van der Waals surface area contributed by atoms with E-state index in [1.54, 1.807) is 7.11 Å². The minimum atomic E-state index is 0.702. The summed E-state index contributed by atoms with van der Waals surface area (Å²) in [5.74, 6) is 1.58. The molecule has 1 rings (SSSR count). The summed E-state index contributed by atoms with van der Waals surface area (Å²) in [5, 5.41) is 0. The summed E-state index contributed by atoms with van der Waals surface area (Å²) in [6.45, 7) is 0. The highest BCUT2D eigenvalue weighted by atomic mass is 32.1. The molecule has 0 atom stereocenters. The quantitative estimate of drug-likeness (QED) is 0.568. The number of hydrogen-bond acceptors (Lipinski definition) is 3. The molecule has 3 heteroatoms. The van der Waals surface area contributed by atoms with E-state index in [2.05, 4.69) is 12.6 Å². The second-order valence-corrected chi connectivity index (χ2v) is 2.82. The smallest absolute Gasteiger partial charge is 0.120 e. The van der Waals surface area contributed by atoms with E-state index in [1.807, 2.05) is 36.2 Å². The van der Waals surface area contributed by atoms with Crippen molar-refractivity contribution in [3.8, 4) is 5.75 Å². The van der Waals surface area contributed by atoms with E-state index in [4.69, 9.17) is 4.74 Å². The lowest BCUT2D eigenvalue weighted by molar-refractivity contribution is 0.415. The first-order chi connectivity index (χ1) is 5.77. The van der Waals surface area contributed by atoms with E-state index in [0.717, 1.165) is 11.4 Å². The van der Waals surface area contributed by atoms with Crippen molar-refractivity contribution < 1.29 is 4.74 Å². The largest absolute Gasteiger partial charge is 0.497 e. The first-order valence-electron chi connectivity index (χ1n) is 3.74. The maximum absolute atomic E-state index is 5.10. The Labute approximate surface area is 78.6 Å². The predicted molar refractivity (Wildman–Crippen MR) is 55.3 cm³/mol. The average Bonchev–Trinajstić information content (AvgIpc) is 2.17. The van der Waals surface area contributed by atoms with Crippen LogP contribution in [0.15, 0.2) is 24.3 Å². The fraction of sp³-hybridized carbons (Fsp3) is 0.333. The zero-order valence-corrected chi connectivity index (χ0v) is 8.21. The van der Waals surface area contributed by atoms with Gasteiger partial charge in [-0.05, 0) is 12.1 Å². The molecule has 0 fully saturated rings. The molecule has 12 heavy (non-hydrogen) atoms. The molecule has 0 amide bonds. The van der Waals surface area contributed by atoms with E-state index >= 15 is 0 Å². The van der Waals surface area contributed by atoms with Crippen LogP contribution in [0.3, 0.4) is 0 Å². The fourth-order valence-corrected chi connectivity index (χ4v) is 1.09. The van der Waals surface area contributed by atoms with Gasteiger partial charge in [-0.1, -0.05) is 6.07 Å². The van der Waals surface area contributed by atoms with E-state index in [-0.39, 0.29) is 0 Å². The Morgan fingerprint density at radius 2 is 2.25 bits per heavy atom. The molecule has 0 aromatic heterocycles. The molecule has 1 aromatic rings. The molecule has 0 aliphatic heterocycles. The van der Waals surface area contributed by atoms with E-state index < -0.39 is 0 Å². The molecule has 1 aromatic carbocycles. The van der Waals surface area contributed by atoms with Crippen molar-refractivity contribution in [1.82, 2.24) is 0 Å². The van der Waals surface area contributed by atoms with Gasteiger partial charge in [0.15, 0.2) is 0 Å². The Kier molecular flexibility index (Phi) is 3.29. The second-order valence-electron chi connectivity index (χ2n) is 2.54. The predicted octanol–water partition coefficient (Wildman–Crippen LogP) is 2.02. The Morgan fingerprint density at radius 1 is 1.50 bits per heavy atom. The highest BCUT2D eigenvalue weighted by Crippen LogP contribution is 2.19. The molecular formula is C9H13NOS. The zero-order valence-electron chi connectivity index (χ0n) is 7.32. The molecule has 0 heterocycles. The maximum atomic E-state index is 5.10. The topological polar surface area (TPSA) is 12.5 Å². The van der Waals surface area contributed by atoms with Gasteiger partial charge in [0.05, 0.1) is 13.0 Å². The Bertz CT molecular complexity index is 252. The molecule has 0 bridgehead atoms. The van der Waals surface area contributed by atoms with Crippen LogP contribution < -0.4 is 9.64 Å². The molecule has 0 radical (unpaired) electrons. The molecule has 0 aliphatic rings. The normalized spacial score (nSPS) is 9.58. The van der Waals surface area contributed by atoms with E-state index in [9.17, 15) is 0 Å². The highest BCUT2D eigenvalue weighted by molar-refractivity contribution is 7.80. The lowest BCUT2D eigenvalue weighted by atomic mass is 10.3. The lowest BCUT2D eigenvalue weighted by Gasteiger charge is -2.16. The maximum Gasteiger partial charge on any atom is 0.120 e. The van der Waals surface area contributed by atoms with Crippen molar-refractivity contribution in [2.45, 2.75) is 0 Å². The Morgan fingerprint density at radius 3 is 2.83 bits per heavy atom. The van der Waals surface area contributed by atoms with Gasteiger partial charge in [-0.15, -0.1) is 0 Å². The standard InChI is InChI=1S/C9H13NOS/c1-10(7-12)8-4-3-5-9(6-8)11-2/h3-6,12H,7H2,1-2H3. The molecule has 0 saturated heterocycles. The van der Waals surface area contributed by atoms with Crippen LogP contribution in [-0.4, -0.2) is 20.0 Å². The van der Waals surface area contributed by atoms with Gasteiger partial charge >= 0.3 is 0 Å². The van der Waals surface area contributed by atoms with Gasteiger partial charge in [-0.2, -0.15) is 12.6 Å². The monoisotopic (exact) mass is 183 g/mol. The van der Waals surface area contributed by atoms with E-state index in [0.29, 0.717) is 5.88 Å². The number of methoxy groups -OCH3 is 1. The van der Waals surface area contributed by atoms with Crippen molar-refractivity contribution in [1.29, 1.82) is 0 Å². The summed E-state index contributed by atoms with van der Waals surface area (Å²) in [4.78, 5) is 2.03. The summed E-state index contributed by atoms with van der Waals surface area (Å²) in [6.07, 6.45) is 0. The zero-order chi connectivity index (χ0) is 8.97. The number of ether oxygens (including phenoxy) is 1. The van der Waals surface area contributed by atoms with Crippen LogP contribution >= 0.6 is 12.6 Å². The number of hydrogen-bond donors (Lipinski definition) is 1. The molecular weight excluding hydrogens is 170 g/mol. The molecule has 0 unspecified atom stereocenters. The van der Waals surface area contributed by atoms with Crippen molar-refractivity contribution >= 4 is 18.3 Å². The minimum absolute atomic E-state index is 0.702. The third-order valence-corrected chi connectivity index (χ3v) is 2.13. The third-order valence-electron chi connectivity index (χ3n) is 1.71. The molecule has 0 spiro atoms. The van der Waals surface area contributed by atoms with Crippen LogP contribution in [0.2, 0.25) is 0 Å². The first-order valence-corrected chi connectivity index (χ1v) is 4.37. The van der Waals surface area contributed by atoms with E-state index in [1.165, 1.54) is 0 Å². The molecule has 0 aliphatic carbocycles. The van der Waals surface area contributed by atoms with Crippen molar-refractivity contribution in [3.63, 3.8) is 0 Å². The summed E-state index contributed by atoms with van der Waals surface area (Å²) >= 11 is 4.18. The van der Waals surface area contributed by atoms with Crippen LogP contribution in [0.4, 0.5) is 5.69 Å². The Balaban J connectivity index is 2.86. The summed E-state index contributed by atoms with van der Waals surface area (Å²) < 4.78 is 5.10. The lowest BCUT2D eigenvalue weighted by Crippen LogP contribution is -2.13. The molecule has 0 N–H and O–H groups in total. The van der Waals surface area contributed by atoms with Crippen LogP contribution in [0.25, 0.3) is 0 Å². The summed E-state index contributed by atoms with van der Waals surface area (Å²) in [5.41, 5.74) is 1.12. The second kappa shape index (κ2) is 4.26. The van der Waals surface area contributed by atoms with Gasteiger partial charge in [0.2, 0.25) is 0 Å². The Hall–Kier alpha value is -0.830. The van der Waals surface area contributed by atoms with Crippen LogP contribution in [0.1, 0.15) is 0 Å². The number of thiol groups is 1. The SMILES string of the molecule is COc1cccc(N(C)CS)c1. The molecule has 0 saturated carbocycles. The number of anilines is 1.